The summed E-state index contributed by atoms with van der Waals surface area (Å²) in [6, 6.07) is 7.49. The van der Waals surface area contributed by atoms with E-state index in [-0.39, 0.29) is 11.6 Å². The SMILES string of the molecule is Cc1cc(Nc2nc(C(O)c3ccc(F)cc3)nc3cscc23)n[nH]1. The first-order chi connectivity index (χ1) is 12.1. The molecule has 3 N–H and O–H groups in total. The Kier molecular flexibility index (Phi) is 3.90. The summed E-state index contributed by atoms with van der Waals surface area (Å²) in [6.07, 6.45) is -1.05. The minimum absolute atomic E-state index is 0.243. The molecule has 0 aliphatic carbocycles. The van der Waals surface area contributed by atoms with Gasteiger partial charge in [0, 0.05) is 22.5 Å². The van der Waals surface area contributed by atoms with Gasteiger partial charge in [0.1, 0.15) is 17.7 Å². The minimum atomic E-state index is -1.05. The van der Waals surface area contributed by atoms with Crippen LogP contribution in [0, 0.1) is 12.7 Å². The summed E-state index contributed by atoms with van der Waals surface area (Å²) in [6.45, 7) is 1.90. The number of aryl methyl sites for hydroxylation is 1. The fraction of sp³-hybridized carbons (Fsp3) is 0.118. The van der Waals surface area contributed by atoms with Crippen LogP contribution in [0.5, 0.6) is 0 Å². The Hall–Kier alpha value is -2.84. The molecule has 8 heteroatoms. The largest absolute Gasteiger partial charge is 0.380 e. The van der Waals surface area contributed by atoms with Crippen molar-refractivity contribution in [1.82, 2.24) is 20.2 Å². The van der Waals surface area contributed by atoms with Crippen molar-refractivity contribution in [2.24, 2.45) is 0 Å². The summed E-state index contributed by atoms with van der Waals surface area (Å²) in [4.78, 5) is 8.89. The van der Waals surface area contributed by atoms with Crippen LogP contribution in [0.15, 0.2) is 41.1 Å². The number of aliphatic hydroxyl groups excluding tert-OH is 1. The number of halogens is 1. The summed E-state index contributed by atoms with van der Waals surface area (Å²) in [7, 11) is 0. The van der Waals surface area contributed by atoms with Gasteiger partial charge in [-0.05, 0) is 24.6 Å². The van der Waals surface area contributed by atoms with Gasteiger partial charge in [0.05, 0.1) is 10.9 Å². The molecular weight excluding hydrogens is 341 g/mol. The summed E-state index contributed by atoms with van der Waals surface area (Å²) in [5, 5.41) is 25.4. The molecule has 25 heavy (non-hydrogen) atoms. The van der Waals surface area contributed by atoms with Crippen LogP contribution in [0.3, 0.4) is 0 Å². The first kappa shape index (κ1) is 15.7. The number of hydrogen-bond donors (Lipinski definition) is 3. The van der Waals surface area contributed by atoms with Gasteiger partial charge in [-0.1, -0.05) is 12.1 Å². The number of aromatic amines is 1. The number of benzene rings is 1. The second-order valence-corrected chi connectivity index (χ2v) is 6.36. The third kappa shape index (κ3) is 3.09. The van der Waals surface area contributed by atoms with E-state index in [4.69, 9.17) is 0 Å². The lowest BCUT2D eigenvalue weighted by atomic mass is 10.1. The van der Waals surface area contributed by atoms with Gasteiger partial charge >= 0.3 is 0 Å². The Bertz CT molecular complexity index is 1030. The van der Waals surface area contributed by atoms with Gasteiger partial charge in [0.2, 0.25) is 0 Å². The van der Waals surface area contributed by atoms with Crippen LogP contribution in [0.2, 0.25) is 0 Å². The van der Waals surface area contributed by atoms with Crippen LogP contribution in [0.4, 0.5) is 16.0 Å². The molecule has 6 nitrogen and oxygen atoms in total. The van der Waals surface area contributed by atoms with Gasteiger partial charge in [-0.2, -0.15) is 5.10 Å². The van der Waals surface area contributed by atoms with E-state index in [0.717, 1.165) is 16.6 Å². The van der Waals surface area contributed by atoms with Crippen molar-refractivity contribution in [3.63, 3.8) is 0 Å². The maximum Gasteiger partial charge on any atom is 0.164 e. The Morgan fingerprint density at radius 3 is 2.72 bits per heavy atom. The van der Waals surface area contributed by atoms with Gasteiger partial charge in [-0.25, -0.2) is 14.4 Å². The zero-order chi connectivity index (χ0) is 17.4. The number of rotatable bonds is 4. The van der Waals surface area contributed by atoms with Crippen molar-refractivity contribution in [2.75, 3.05) is 5.32 Å². The summed E-state index contributed by atoms with van der Waals surface area (Å²) in [5.41, 5.74) is 2.17. The molecular formula is C17H14FN5OS. The van der Waals surface area contributed by atoms with Gasteiger partial charge in [0.25, 0.3) is 0 Å². The van der Waals surface area contributed by atoms with Gasteiger partial charge in [-0.15, -0.1) is 11.3 Å². The van der Waals surface area contributed by atoms with Gasteiger partial charge in [-0.3, -0.25) is 5.10 Å². The van der Waals surface area contributed by atoms with Crippen LogP contribution in [0.25, 0.3) is 10.9 Å². The van der Waals surface area contributed by atoms with E-state index in [9.17, 15) is 9.50 Å². The topological polar surface area (TPSA) is 86.7 Å². The van der Waals surface area contributed by atoms with Gasteiger partial charge < -0.3 is 10.4 Å². The first-order valence-corrected chi connectivity index (χ1v) is 8.51. The number of H-pyrrole nitrogens is 1. The minimum Gasteiger partial charge on any atom is -0.380 e. The maximum absolute atomic E-state index is 13.1. The van der Waals surface area contributed by atoms with Crippen LogP contribution in [-0.4, -0.2) is 25.3 Å². The van der Waals surface area contributed by atoms with E-state index < -0.39 is 6.10 Å². The third-order valence-electron chi connectivity index (χ3n) is 3.74. The predicted molar refractivity (Wildman–Crippen MR) is 94.5 cm³/mol. The number of nitrogens with one attached hydrogen (secondary N) is 2. The van der Waals surface area contributed by atoms with Crippen molar-refractivity contribution in [3.05, 3.63) is 64.0 Å². The fourth-order valence-corrected chi connectivity index (χ4v) is 3.24. The lowest BCUT2D eigenvalue weighted by molar-refractivity contribution is 0.210. The fourth-order valence-electron chi connectivity index (χ4n) is 2.49. The molecule has 0 saturated carbocycles. The van der Waals surface area contributed by atoms with E-state index in [1.165, 1.54) is 35.6 Å². The molecule has 0 bridgehead atoms. The highest BCUT2D eigenvalue weighted by Gasteiger charge is 2.18. The first-order valence-electron chi connectivity index (χ1n) is 7.56. The molecule has 1 aromatic carbocycles. The maximum atomic E-state index is 13.1. The van der Waals surface area contributed by atoms with E-state index in [1.807, 2.05) is 23.8 Å². The third-order valence-corrected chi connectivity index (χ3v) is 4.47. The highest BCUT2D eigenvalue weighted by atomic mass is 32.1. The number of thiophene rings is 1. The molecule has 3 aromatic heterocycles. The van der Waals surface area contributed by atoms with Crippen LogP contribution in [-0.2, 0) is 0 Å². The average Bonchev–Trinajstić information content (AvgIpc) is 3.23. The molecule has 0 radical (unpaired) electrons. The molecule has 1 atom stereocenters. The predicted octanol–water partition coefficient (Wildman–Crippen LogP) is 3.69. The quantitative estimate of drug-likeness (QED) is 0.520. The van der Waals surface area contributed by atoms with Crippen molar-refractivity contribution in [2.45, 2.75) is 13.0 Å². The molecule has 0 fully saturated rings. The molecule has 1 unspecified atom stereocenters. The van der Waals surface area contributed by atoms with Crippen LogP contribution < -0.4 is 5.32 Å². The standard InChI is InChI=1S/C17H14FN5OS/c1-9-6-14(23-22-9)20-16-12-7-25-8-13(12)19-17(21-16)15(24)10-2-4-11(18)5-3-10/h2-8,15,24H,1H3,(H2,19,20,21,22,23). The lowest BCUT2D eigenvalue weighted by Crippen LogP contribution is -2.08. The average molecular weight is 355 g/mol. The van der Waals surface area contributed by atoms with Crippen molar-refractivity contribution < 1.29 is 9.50 Å². The summed E-state index contributed by atoms with van der Waals surface area (Å²) >= 11 is 1.50. The highest BCUT2D eigenvalue weighted by molar-refractivity contribution is 7.09. The molecule has 126 valence electrons. The lowest BCUT2D eigenvalue weighted by Gasteiger charge is -2.12. The second-order valence-electron chi connectivity index (χ2n) is 5.62. The highest BCUT2D eigenvalue weighted by Crippen LogP contribution is 2.29. The van der Waals surface area contributed by atoms with E-state index in [0.29, 0.717) is 17.2 Å². The van der Waals surface area contributed by atoms with Gasteiger partial charge in [0.15, 0.2) is 11.6 Å². The number of hydrogen-bond acceptors (Lipinski definition) is 6. The van der Waals surface area contributed by atoms with Crippen molar-refractivity contribution >= 4 is 33.9 Å². The molecule has 0 saturated heterocycles. The Labute approximate surface area is 146 Å². The van der Waals surface area contributed by atoms with E-state index in [1.54, 1.807) is 0 Å². The molecule has 0 spiro atoms. The Morgan fingerprint density at radius 2 is 2.00 bits per heavy atom. The normalized spacial score (nSPS) is 12.4. The summed E-state index contributed by atoms with van der Waals surface area (Å²) in [5.74, 6) is 1.08. The molecule has 4 rings (SSSR count). The number of anilines is 2. The van der Waals surface area contributed by atoms with Crippen LogP contribution >= 0.6 is 11.3 Å². The number of aromatic nitrogens is 4. The monoisotopic (exact) mass is 355 g/mol. The number of fused-ring (bicyclic) bond motifs is 1. The molecule has 4 aromatic rings. The molecule has 0 aliphatic heterocycles. The smallest absolute Gasteiger partial charge is 0.164 e. The molecule has 0 amide bonds. The number of aliphatic hydroxyl groups is 1. The van der Waals surface area contributed by atoms with Crippen molar-refractivity contribution in [1.29, 1.82) is 0 Å². The van der Waals surface area contributed by atoms with Crippen molar-refractivity contribution in [3.8, 4) is 0 Å². The number of nitrogens with zero attached hydrogens (tertiary/aromatic N) is 3. The zero-order valence-corrected chi connectivity index (χ0v) is 14.0. The summed E-state index contributed by atoms with van der Waals surface area (Å²) < 4.78 is 13.1. The van der Waals surface area contributed by atoms with Crippen LogP contribution in [0.1, 0.15) is 23.2 Å². The Balaban J connectivity index is 1.75. The zero-order valence-electron chi connectivity index (χ0n) is 13.2. The molecule has 0 aliphatic rings. The second kappa shape index (κ2) is 6.23. The van der Waals surface area contributed by atoms with E-state index >= 15 is 0 Å². The molecule has 3 heterocycles. The van der Waals surface area contributed by atoms with E-state index in [2.05, 4.69) is 25.5 Å². The Morgan fingerprint density at radius 1 is 1.20 bits per heavy atom.